The van der Waals surface area contributed by atoms with E-state index in [2.05, 4.69) is 31.2 Å². The Hall–Kier alpha value is -0.835. The van der Waals surface area contributed by atoms with E-state index in [1.54, 1.807) is 0 Å². The van der Waals surface area contributed by atoms with Crippen molar-refractivity contribution in [2.75, 3.05) is 20.3 Å². The Bertz CT molecular complexity index is 488. The first-order valence-corrected chi connectivity index (χ1v) is 10.2. The van der Waals surface area contributed by atoms with Gasteiger partial charge >= 0.3 is 7.12 Å². The van der Waals surface area contributed by atoms with Crippen LogP contribution in [0.2, 0.25) is 0 Å². The molecule has 25 heavy (non-hydrogen) atoms. The molecule has 3 rings (SSSR count). The number of hydrogen-bond acceptors (Lipinski definition) is 3. The zero-order chi connectivity index (χ0) is 17.5. The third kappa shape index (κ3) is 5.32. The minimum Gasteiger partial charge on any atom is -0.407 e. The van der Waals surface area contributed by atoms with Crippen molar-refractivity contribution >= 4 is 12.6 Å². The van der Waals surface area contributed by atoms with Crippen LogP contribution < -0.4 is 5.46 Å². The average molecular weight is 344 g/mol. The third-order valence-corrected chi connectivity index (χ3v) is 5.87. The van der Waals surface area contributed by atoms with Crippen LogP contribution in [0.25, 0.3) is 0 Å². The first-order chi connectivity index (χ1) is 12.3. The van der Waals surface area contributed by atoms with E-state index >= 15 is 0 Å². The van der Waals surface area contributed by atoms with E-state index < -0.39 is 0 Å². The molecule has 1 saturated carbocycles. The lowest BCUT2D eigenvalue weighted by Crippen LogP contribution is -2.44. The van der Waals surface area contributed by atoms with Crippen molar-refractivity contribution in [3.05, 3.63) is 29.8 Å². The minimum atomic E-state index is -0.180. The van der Waals surface area contributed by atoms with Gasteiger partial charge in [0.25, 0.3) is 0 Å². The van der Waals surface area contributed by atoms with E-state index in [-0.39, 0.29) is 7.12 Å². The van der Waals surface area contributed by atoms with Crippen molar-refractivity contribution in [1.82, 2.24) is 0 Å². The third-order valence-electron chi connectivity index (χ3n) is 5.87. The van der Waals surface area contributed by atoms with Crippen molar-refractivity contribution in [1.29, 1.82) is 0 Å². The number of unbranched alkanes of at least 4 members (excludes halogenated alkanes) is 2. The van der Waals surface area contributed by atoms with Crippen molar-refractivity contribution in [3.63, 3.8) is 0 Å². The SMILES string of the molecule is CCCCCC1COB(c2ccc(C3CCC(OC)CC3)cc2)OC1. The van der Waals surface area contributed by atoms with Crippen LogP contribution in [0.4, 0.5) is 0 Å². The van der Waals surface area contributed by atoms with Crippen LogP contribution in [-0.2, 0) is 14.0 Å². The van der Waals surface area contributed by atoms with E-state index in [4.69, 9.17) is 14.0 Å². The Kier molecular flexibility index (Phi) is 7.39. The largest absolute Gasteiger partial charge is 0.493 e. The van der Waals surface area contributed by atoms with Gasteiger partial charge in [-0.15, -0.1) is 0 Å². The standard InChI is InChI=1S/C21H33BO3/c1-3-4-5-6-17-15-24-22(25-16-17)20-11-7-18(8-12-20)19-9-13-21(23-2)14-10-19/h7-8,11-12,17,19,21H,3-6,9-10,13-16H2,1-2H3. The first-order valence-electron chi connectivity index (χ1n) is 10.2. The van der Waals surface area contributed by atoms with Crippen LogP contribution in [0.1, 0.15) is 69.8 Å². The molecular weight excluding hydrogens is 311 g/mol. The highest BCUT2D eigenvalue weighted by atomic mass is 16.6. The summed E-state index contributed by atoms with van der Waals surface area (Å²) < 4.78 is 17.4. The lowest BCUT2D eigenvalue weighted by Gasteiger charge is -2.29. The van der Waals surface area contributed by atoms with Gasteiger partial charge in [0.15, 0.2) is 0 Å². The quantitative estimate of drug-likeness (QED) is 0.545. The average Bonchev–Trinajstić information content (AvgIpc) is 2.69. The van der Waals surface area contributed by atoms with Crippen molar-refractivity contribution in [2.24, 2.45) is 5.92 Å². The van der Waals surface area contributed by atoms with Crippen molar-refractivity contribution in [2.45, 2.75) is 70.3 Å². The molecule has 1 aliphatic heterocycles. The molecule has 1 aromatic rings. The fourth-order valence-electron chi connectivity index (χ4n) is 4.14. The lowest BCUT2D eigenvalue weighted by atomic mass is 9.75. The minimum absolute atomic E-state index is 0.180. The lowest BCUT2D eigenvalue weighted by molar-refractivity contribution is 0.0659. The molecular formula is C21H33BO3. The van der Waals surface area contributed by atoms with Gasteiger partial charge in [-0.2, -0.15) is 0 Å². The summed E-state index contributed by atoms with van der Waals surface area (Å²) in [5.41, 5.74) is 2.60. The molecule has 1 aromatic carbocycles. The maximum absolute atomic E-state index is 5.98. The highest BCUT2D eigenvalue weighted by Crippen LogP contribution is 2.33. The summed E-state index contributed by atoms with van der Waals surface area (Å²) in [5.74, 6) is 1.25. The molecule has 0 aromatic heterocycles. The Morgan fingerprint density at radius 3 is 2.28 bits per heavy atom. The van der Waals surface area contributed by atoms with Crippen molar-refractivity contribution < 1.29 is 14.0 Å². The molecule has 1 heterocycles. The highest BCUT2D eigenvalue weighted by Gasteiger charge is 2.29. The van der Waals surface area contributed by atoms with E-state index in [0.29, 0.717) is 17.9 Å². The topological polar surface area (TPSA) is 27.7 Å². The number of rotatable bonds is 7. The summed E-state index contributed by atoms with van der Waals surface area (Å²) in [6.45, 7) is 3.91. The van der Waals surface area contributed by atoms with Crippen LogP contribution in [0.3, 0.4) is 0 Å². The van der Waals surface area contributed by atoms with Crippen LogP contribution >= 0.6 is 0 Å². The zero-order valence-electron chi connectivity index (χ0n) is 15.9. The number of hydrogen-bond donors (Lipinski definition) is 0. The fourth-order valence-corrected chi connectivity index (χ4v) is 4.14. The van der Waals surface area contributed by atoms with Crippen LogP contribution in [0.15, 0.2) is 24.3 Å². The normalized spacial score (nSPS) is 25.3. The van der Waals surface area contributed by atoms with E-state index in [0.717, 1.165) is 18.7 Å². The van der Waals surface area contributed by atoms with Crippen LogP contribution in [0, 0.1) is 5.92 Å². The number of benzene rings is 1. The Labute approximate surface area is 153 Å². The van der Waals surface area contributed by atoms with Gasteiger partial charge in [-0.1, -0.05) is 50.5 Å². The molecule has 4 heteroatoms. The second-order valence-electron chi connectivity index (χ2n) is 7.74. The van der Waals surface area contributed by atoms with Crippen LogP contribution in [-0.4, -0.2) is 33.5 Å². The summed E-state index contributed by atoms with van der Waals surface area (Å²) in [5, 5.41) is 0. The number of ether oxygens (including phenoxy) is 1. The Balaban J connectivity index is 1.47. The fraction of sp³-hybridized carbons (Fsp3) is 0.714. The van der Waals surface area contributed by atoms with Gasteiger partial charge in [-0.05, 0) is 49.0 Å². The van der Waals surface area contributed by atoms with E-state index in [1.165, 1.54) is 56.9 Å². The van der Waals surface area contributed by atoms with Gasteiger partial charge in [-0.25, -0.2) is 0 Å². The summed E-state index contributed by atoms with van der Waals surface area (Å²) in [7, 11) is 1.65. The summed E-state index contributed by atoms with van der Waals surface area (Å²) in [4.78, 5) is 0. The molecule has 1 aliphatic carbocycles. The van der Waals surface area contributed by atoms with E-state index in [1.807, 2.05) is 7.11 Å². The first kappa shape index (κ1) is 18.9. The van der Waals surface area contributed by atoms with Gasteiger partial charge in [0.2, 0.25) is 0 Å². The molecule has 138 valence electrons. The Morgan fingerprint density at radius 2 is 1.68 bits per heavy atom. The molecule has 1 saturated heterocycles. The summed E-state index contributed by atoms with van der Waals surface area (Å²) in [6.07, 6.45) is 10.4. The maximum atomic E-state index is 5.98. The van der Waals surface area contributed by atoms with Gasteiger partial charge in [0, 0.05) is 26.2 Å². The molecule has 0 spiro atoms. The molecule has 0 N–H and O–H groups in total. The summed E-state index contributed by atoms with van der Waals surface area (Å²) in [6, 6.07) is 8.93. The molecule has 0 atom stereocenters. The Morgan fingerprint density at radius 1 is 1.00 bits per heavy atom. The summed E-state index contributed by atoms with van der Waals surface area (Å²) >= 11 is 0. The molecule has 0 amide bonds. The van der Waals surface area contributed by atoms with Gasteiger partial charge in [-0.3, -0.25) is 0 Å². The molecule has 0 bridgehead atoms. The molecule has 0 unspecified atom stereocenters. The number of methoxy groups -OCH3 is 1. The highest BCUT2D eigenvalue weighted by molar-refractivity contribution is 6.61. The maximum Gasteiger partial charge on any atom is 0.493 e. The smallest absolute Gasteiger partial charge is 0.407 e. The predicted octanol–water partition coefficient (Wildman–Crippen LogP) is 4.30. The van der Waals surface area contributed by atoms with E-state index in [9.17, 15) is 0 Å². The monoisotopic (exact) mass is 344 g/mol. The van der Waals surface area contributed by atoms with Crippen molar-refractivity contribution in [3.8, 4) is 0 Å². The molecule has 0 radical (unpaired) electrons. The second kappa shape index (κ2) is 9.75. The molecule has 2 fully saturated rings. The predicted molar refractivity (Wildman–Crippen MR) is 103 cm³/mol. The van der Waals surface area contributed by atoms with Gasteiger partial charge in [0.1, 0.15) is 0 Å². The molecule has 3 nitrogen and oxygen atoms in total. The van der Waals surface area contributed by atoms with Gasteiger partial charge < -0.3 is 14.0 Å². The molecule has 2 aliphatic rings. The second-order valence-corrected chi connectivity index (χ2v) is 7.74. The van der Waals surface area contributed by atoms with Gasteiger partial charge in [0.05, 0.1) is 6.10 Å². The zero-order valence-corrected chi connectivity index (χ0v) is 15.9. The van der Waals surface area contributed by atoms with Crippen LogP contribution in [0.5, 0.6) is 0 Å².